The highest BCUT2D eigenvalue weighted by atomic mass is 19.1. The SMILES string of the molecule is Cc1ccc(OCc2cccc(F)c2)cc1. The van der Waals surface area contributed by atoms with Gasteiger partial charge in [-0.2, -0.15) is 0 Å². The second kappa shape index (κ2) is 4.79. The lowest BCUT2D eigenvalue weighted by atomic mass is 10.2. The van der Waals surface area contributed by atoms with Crippen molar-refractivity contribution in [2.45, 2.75) is 13.5 Å². The fourth-order valence-corrected chi connectivity index (χ4v) is 1.43. The smallest absolute Gasteiger partial charge is 0.123 e. The standard InChI is InChI=1S/C14H13FO/c1-11-5-7-14(8-6-11)16-10-12-3-2-4-13(15)9-12/h2-9H,10H2,1H3. The molecule has 0 atom stereocenters. The first kappa shape index (κ1) is 10.7. The number of hydrogen-bond donors (Lipinski definition) is 0. The van der Waals surface area contributed by atoms with Crippen molar-refractivity contribution in [3.8, 4) is 5.75 Å². The van der Waals surface area contributed by atoms with E-state index in [1.54, 1.807) is 6.07 Å². The van der Waals surface area contributed by atoms with Crippen molar-refractivity contribution in [1.82, 2.24) is 0 Å². The average molecular weight is 216 g/mol. The lowest BCUT2D eigenvalue weighted by molar-refractivity contribution is 0.305. The first-order chi connectivity index (χ1) is 7.74. The van der Waals surface area contributed by atoms with Crippen LogP contribution >= 0.6 is 0 Å². The van der Waals surface area contributed by atoms with Crippen LogP contribution in [-0.4, -0.2) is 0 Å². The molecule has 0 aliphatic rings. The summed E-state index contributed by atoms with van der Waals surface area (Å²) in [7, 11) is 0. The van der Waals surface area contributed by atoms with E-state index in [-0.39, 0.29) is 5.82 Å². The van der Waals surface area contributed by atoms with Crippen molar-refractivity contribution in [2.75, 3.05) is 0 Å². The van der Waals surface area contributed by atoms with Crippen LogP contribution in [-0.2, 0) is 6.61 Å². The summed E-state index contributed by atoms with van der Waals surface area (Å²) in [5.41, 5.74) is 2.03. The average Bonchev–Trinajstić information content (AvgIpc) is 2.28. The molecule has 0 aromatic heterocycles. The van der Waals surface area contributed by atoms with Gasteiger partial charge < -0.3 is 4.74 Å². The molecule has 16 heavy (non-hydrogen) atoms. The van der Waals surface area contributed by atoms with Crippen LogP contribution in [0.5, 0.6) is 5.75 Å². The van der Waals surface area contributed by atoms with Gasteiger partial charge in [0.2, 0.25) is 0 Å². The molecular formula is C14H13FO. The molecule has 0 bridgehead atoms. The number of ether oxygens (including phenoxy) is 1. The summed E-state index contributed by atoms with van der Waals surface area (Å²) in [6, 6.07) is 14.2. The molecule has 0 spiro atoms. The number of aryl methyl sites for hydroxylation is 1. The lowest BCUT2D eigenvalue weighted by Crippen LogP contribution is -1.95. The summed E-state index contributed by atoms with van der Waals surface area (Å²) < 4.78 is 18.4. The van der Waals surface area contributed by atoms with Crippen LogP contribution in [0.15, 0.2) is 48.5 Å². The molecule has 0 unspecified atom stereocenters. The van der Waals surface area contributed by atoms with Crippen molar-refractivity contribution < 1.29 is 9.13 Å². The van der Waals surface area contributed by atoms with Gasteiger partial charge in [-0.25, -0.2) is 4.39 Å². The first-order valence-electron chi connectivity index (χ1n) is 5.18. The molecule has 2 heteroatoms. The minimum Gasteiger partial charge on any atom is -0.489 e. The van der Waals surface area contributed by atoms with Gasteiger partial charge in [0.05, 0.1) is 0 Å². The van der Waals surface area contributed by atoms with Crippen LogP contribution in [0.4, 0.5) is 4.39 Å². The number of rotatable bonds is 3. The quantitative estimate of drug-likeness (QED) is 0.759. The molecule has 0 radical (unpaired) electrons. The molecule has 0 saturated heterocycles. The largest absolute Gasteiger partial charge is 0.489 e. The minimum atomic E-state index is -0.231. The molecule has 0 fully saturated rings. The second-order valence-electron chi connectivity index (χ2n) is 3.73. The second-order valence-corrected chi connectivity index (χ2v) is 3.73. The van der Waals surface area contributed by atoms with Crippen molar-refractivity contribution in [3.05, 3.63) is 65.5 Å². The van der Waals surface area contributed by atoms with Crippen molar-refractivity contribution >= 4 is 0 Å². The van der Waals surface area contributed by atoms with E-state index in [1.165, 1.54) is 17.7 Å². The predicted molar refractivity (Wildman–Crippen MR) is 61.9 cm³/mol. The monoisotopic (exact) mass is 216 g/mol. The van der Waals surface area contributed by atoms with E-state index in [2.05, 4.69) is 0 Å². The molecule has 82 valence electrons. The van der Waals surface area contributed by atoms with Gasteiger partial charge in [0.15, 0.2) is 0 Å². The molecule has 2 aromatic rings. The Bertz CT molecular complexity index is 462. The van der Waals surface area contributed by atoms with Gasteiger partial charge in [-0.1, -0.05) is 29.8 Å². The van der Waals surface area contributed by atoms with Gasteiger partial charge in [-0.15, -0.1) is 0 Å². The molecular weight excluding hydrogens is 203 g/mol. The molecule has 2 aromatic carbocycles. The zero-order valence-electron chi connectivity index (χ0n) is 9.11. The Morgan fingerprint density at radius 1 is 1.06 bits per heavy atom. The summed E-state index contributed by atoms with van der Waals surface area (Å²) in [6.45, 7) is 2.41. The Balaban J connectivity index is 1.99. The molecule has 0 heterocycles. The van der Waals surface area contributed by atoms with E-state index in [1.807, 2.05) is 37.3 Å². The number of hydrogen-bond acceptors (Lipinski definition) is 1. The summed E-state index contributed by atoms with van der Waals surface area (Å²) in [6.07, 6.45) is 0. The van der Waals surface area contributed by atoms with Gasteiger partial charge in [-0.3, -0.25) is 0 Å². The number of halogens is 1. The normalized spacial score (nSPS) is 10.1. The highest BCUT2D eigenvalue weighted by Crippen LogP contribution is 2.14. The number of benzene rings is 2. The maximum atomic E-state index is 12.9. The Morgan fingerprint density at radius 3 is 2.50 bits per heavy atom. The highest BCUT2D eigenvalue weighted by Gasteiger charge is 1.97. The molecule has 1 nitrogen and oxygen atoms in total. The fourth-order valence-electron chi connectivity index (χ4n) is 1.43. The summed E-state index contributed by atoms with van der Waals surface area (Å²) in [5, 5.41) is 0. The minimum absolute atomic E-state index is 0.231. The Morgan fingerprint density at radius 2 is 1.81 bits per heavy atom. The van der Waals surface area contributed by atoms with Crippen LogP contribution in [0.3, 0.4) is 0 Å². The van der Waals surface area contributed by atoms with Crippen LogP contribution in [0.25, 0.3) is 0 Å². The van der Waals surface area contributed by atoms with E-state index < -0.39 is 0 Å². The Hall–Kier alpha value is -1.83. The van der Waals surface area contributed by atoms with E-state index in [4.69, 9.17) is 4.74 Å². The zero-order chi connectivity index (χ0) is 11.4. The summed E-state index contributed by atoms with van der Waals surface area (Å²) in [4.78, 5) is 0. The van der Waals surface area contributed by atoms with Crippen LogP contribution in [0, 0.1) is 12.7 Å². The predicted octanol–water partition coefficient (Wildman–Crippen LogP) is 3.71. The molecule has 0 saturated carbocycles. The third-order valence-electron chi connectivity index (χ3n) is 2.32. The van der Waals surface area contributed by atoms with Crippen LogP contribution in [0.2, 0.25) is 0 Å². The van der Waals surface area contributed by atoms with Crippen molar-refractivity contribution in [2.24, 2.45) is 0 Å². The van der Waals surface area contributed by atoms with Crippen molar-refractivity contribution in [3.63, 3.8) is 0 Å². The lowest BCUT2D eigenvalue weighted by Gasteiger charge is -2.06. The maximum absolute atomic E-state index is 12.9. The Kier molecular flexibility index (Phi) is 3.20. The van der Waals surface area contributed by atoms with Crippen LogP contribution in [0.1, 0.15) is 11.1 Å². The molecule has 0 amide bonds. The van der Waals surface area contributed by atoms with Gasteiger partial charge in [0, 0.05) is 0 Å². The third-order valence-corrected chi connectivity index (χ3v) is 2.32. The zero-order valence-corrected chi connectivity index (χ0v) is 9.11. The van der Waals surface area contributed by atoms with Gasteiger partial charge in [-0.05, 0) is 36.8 Å². The van der Waals surface area contributed by atoms with Gasteiger partial charge >= 0.3 is 0 Å². The summed E-state index contributed by atoms with van der Waals surface area (Å²) >= 11 is 0. The highest BCUT2D eigenvalue weighted by molar-refractivity contribution is 5.26. The van der Waals surface area contributed by atoms with E-state index in [0.29, 0.717) is 6.61 Å². The van der Waals surface area contributed by atoms with E-state index >= 15 is 0 Å². The van der Waals surface area contributed by atoms with E-state index in [9.17, 15) is 4.39 Å². The molecule has 0 aliphatic heterocycles. The maximum Gasteiger partial charge on any atom is 0.123 e. The van der Waals surface area contributed by atoms with Crippen molar-refractivity contribution in [1.29, 1.82) is 0 Å². The van der Waals surface area contributed by atoms with Gasteiger partial charge in [0.1, 0.15) is 18.2 Å². The topological polar surface area (TPSA) is 9.23 Å². The third kappa shape index (κ3) is 2.83. The summed E-state index contributed by atoms with van der Waals surface area (Å²) in [5.74, 6) is 0.569. The Labute approximate surface area is 94.5 Å². The van der Waals surface area contributed by atoms with E-state index in [0.717, 1.165) is 11.3 Å². The first-order valence-corrected chi connectivity index (χ1v) is 5.18. The molecule has 0 N–H and O–H groups in total. The molecule has 0 aliphatic carbocycles. The van der Waals surface area contributed by atoms with Crippen LogP contribution < -0.4 is 4.74 Å². The fraction of sp³-hybridized carbons (Fsp3) is 0.143. The van der Waals surface area contributed by atoms with Gasteiger partial charge in [0.25, 0.3) is 0 Å². The molecule has 2 rings (SSSR count).